The molecule has 1 unspecified atom stereocenters. The van der Waals surface area contributed by atoms with Crippen molar-refractivity contribution in [1.82, 2.24) is 5.32 Å². The van der Waals surface area contributed by atoms with Gasteiger partial charge in [-0.1, -0.05) is 91.0 Å². The number of nitrogens with one attached hydrogen (secondary N) is 1. The largest absolute Gasteiger partial charge is 0.394 e. The number of aliphatic hydroxyl groups excluding tert-OH is 1. The third kappa shape index (κ3) is 4.76. The van der Waals surface area contributed by atoms with Crippen LogP contribution in [0.2, 0.25) is 0 Å². The lowest BCUT2D eigenvalue weighted by atomic mass is 9.97. The molecule has 3 heteroatoms. The van der Waals surface area contributed by atoms with Crippen LogP contribution in [0.25, 0.3) is 10.8 Å². The summed E-state index contributed by atoms with van der Waals surface area (Å²) in [7, 11) is 0. The Balaban J connectivity index is 1.52. The van der Waals surface area contributed by atoms with Gasteiger partial charge in [-0.3, -0.25) is 4.79 Å². The minimum Gasteiger partial charge on any atom is -0.394 e. The number of rotatable bonds is 7. The number of hydrogen-bond acceptors (Lipinski definition) is 2. The maximum Gasteiger partial charge on any atom is 0.251 e. The third-order valence-corrected chi connectivity index (χ3v) is 5.35. The van der Waals surface area contributed by atoms with Crippen molar-refractivity contribution in [1.29, 1.82) is 0 Å². The lowest BCUT2D eigenvalue weighted by Gasteiger charge is -2.18. The van der Waals surface area contributed by atoms with Crippen molar-refractivity contribution in [3.8, 4) is 0 Å². The van der Waals surface area contributed by atoms with Crippen molar-refractivity contribution in [2.45, 2.75) is 18.9 Å². The van der Waals surface area contributed by atoms with Gasteiger partial charge in [-0.25, -0.2) is 0 Å². The number of amides is 1. The first-order chi connectivity index (χ1) is 14.7. The smallest absolute Gasteiger partial charge is 0.251 e. The summed E-state index contributed by atoms with van der Waals surface area (Å²) in [6.07, 6.45) is 1.27. The van der Waals surface area contributed by atoms with Crippen molar-refractivity contribution in [2.75, 3.05) is 6.61 Å². The molecule has 4 rings (SSSR count). The zero-order valence-electron chi connectivity index (χ0n) is 16.8. The van der Waals surface area contributed by atoms with E-state index in [1.165, 1.54) is 10.8 Å². The fourth-order valence-electron chi connectivity index (χ4n) is 3.79. The summed E-state index contributed by atoms with van der Waals surface area (Å²) >= 11 is 0. The van der Waals surface area contributed by atoms with Gasteiger partial charge in [0.1, 0.15) is 0 Å². The second kappa shape index (κ2) is 9.38. The maximum absolute atomic E-state index is 13.0. The zero-order chi connectivity index (χ0) is 20.8. The van der Waals surface area contributed by atoms with E-state index in [1.54, 1.807) is 0 Å². The first-order valence-corrected chi connectivity index (χ1v) is 10.2. The van der Waals surface area contributed by atoms with Gasteiger partial charge in [-0.2, -0.15) is 0 Å². The van der Waals surface area contributed by atoms with Gasteiger partial charge in [0, 0.05) is 5.56 Å². The van der Waals surface area contributed by atoms with Crippen LogP contribution in [0, 0.1) is 0 Å². The van der Waals surface area contributed by atoms with Crippen molar-refractivity contribution in [2.24, 2.45) is 0 Å². The Hall–Kier alpha value is -3.43. The highest BCUT2D eigenvalue weighted by atomic mass is 16.3. The van der Waals surface area contributed by atoms with Gasteiger partial charge < -0.3 is 10.4 Å². The van der Waals surface area contributed by atoms with Gasteiger partial charge >= 0.3 is 0 Å². The highest BCUT2D eigenvalue weighted by molar-refractivity contribution is 5.96. The molecular formula is C27H25NO2. The molecule has 2 N–H and O–H groups in total. The Bertz CT molecular complexity index is 1140. The summed E-state index contributed by atoms with van der Waals surface area (Å²) in [4.78, 5) is 13.0. The first-order valence-electron chi connectivity index (χ1n) is 10.2. The molecule has 0 bridgehead atoms. The number of hydrogen-bond donors (Lipinski definition) is 2. The normalized spacial score (nSPS) is 11.9. The molecule has 1 atom stereocenters. The minimum absolute atomic E-state index is 0.104. The zero-order valence-corrected chi connectivity index (χ0v) is 16.8. The Morgan fingerprint density at radius 2 is 1.47 bits per heavy atom. The molecule has 0 fully saturated rings. The van der Waals surface area contributed by atoms with E-state index in [2.05, 4.69) is 35.6 Å². The van der Waals surface area contributed by atoms with Crippen LogP contribution < -0.4 is 5.32 Å². The molecule has 0 aliphatic heterocycles. The average Bonchev–Trinajstić information content (AvgIpc) is 2.79. The van der Waals surface area contributed by atoms with E-state index in [1.807, 2.05) is 66.7 Å². The molecule has 4 aromatic rings. The molecule has 30 heavy (non-hydrogen) atoms. The summed E-state index contributed by atoms with van der Waals surface area (Å²) in [6, 6.07) is 31.9. The summed E-state index contributed by atoms with van der Waals surface area (Å²) in [5.74, 6) is -0.152. The molecule has 0 saturated carbocycles. The quantitative estimate of drug-likeness (QED) is 0.474. The molecule has 3 nitrogen and oxygen atoms in total. The molecule has 0 aromatic heterocycles. The van der Waals surface area contributed by atoms with E-state index in [0.717, 1.165) is 16.7 Å². The Morgan fingerprint density at radius 1 is 0.767 bits per heavy atom. The van der Waals surface area contributed by atoms with Gasteiger partial charge in [0.05, 0.1) is 12.6 Å². The monoisotopic (exact) mass is 395 g/mol. The molecular weight excluding hydrogens is 370 g/mol. The fraction of sp³-hybridized carbons (Fsp3) is 0.148. The molecule has 0 aliphatic carbocycles. The minimum atomic E-state index is -0.325. The van der Waals surface area contributed by atoms with Crippen LogP contribution in [0.15, 0.2) is 97.1 Å². The number of aliphatic hydroxyl groups is 1. The molecule has 0 saturated heterocycles. The first kappa shape index (κ1) is 19.9. The van der Waals surface area contributed by atoms with Gasteiger partial charge in [-0.05, 0) is 46.4 Å². The number of benzene rings is 4. The van der Waals surface area contributed by atoms with E-state index >= 15 is 0 Å². The summed E-state index contributed by atoms with van der Waals surface area (Å²) in [5, 5.41) is 15.2. The van der Waals surface area contributed by atoms with Crippen LogP contribution in [0.5, 0.6) is 0 Å². The molecule has 150 valence electrons. The van der Waals surface area contributed by atoms with Gasteiger partial charge in [-0.15, -0.1) is 0 Å². The Labute approximate surface area is 177 Å². The van der Waals surface area contributed by atoms with Crippen LogP contribution in [0.1, 0.15) is 27.0 Å². The third-order valence-electron chi connectivity index (χ3n) is 5.35. The lowest BCUT2D eigenvalue weighted by Crippen LogP contribution is -2.39. The number of carbonyl (C=O) groups excluding carboxylic acids is 1. The van der Waals surface area contributed by atoms with Gasteiger partial charge in [0.15, 0.2) is 0 Å². The Morgan fingerprint density at radius 3 is 2.27 bits per heavy atom. The predicted octanol–water partition coefficient (Wildman–Crippen LogP) is 4.76. The lowest BCUT2D eigenvalue weighted by molar-refractivity contribution is 0.0915. The fourth-order valence-corrected chi connectivity index (χ4v) is 3.79. The van der Waals surface area contributed by atoms with Crippen LogP contribution in [-0.2, 0) is 12.8 Å². The molecule has 0 radical (unpaired) electrons. The molecule has 0 heterocycles. The molecule has 0 spiro atoms. The highest BCUT2D eigenvalue weighted by Gasteiger charge is 2.16. The molecule has 0 aliphatic rings. The second-order valence-corrected chi connectivity index (χ2v) is 7.56. The van der Waals surface area contributed by atoms with Crippen LogP contribution in [0.4, 0.5) is 0 Å². The standard InChI is InChI=1S/C27H25NO2/c29-19-25(18-20-8-2-1-3-9-20)28-27(30)26-13-7-6-12-24(26)17-21-14-15-22-10-4-5-11-23(22)16-21/h1-16,25,29H,17-19H2,(H,28,30). The van der Waals surface area contributed by atoms with Crippen LogP contribution in [-0.4, -0.2) is 23.7 Å². The maximum atomic E-state index is 13.0. The summed E-state index contributed by atoms with van der Waals surface area (Å²) < 4.78 is 0. The number of carbonyl (C=O) groups is 1. The van der Waals surface area contributed by atoms with E-state index in [0.29, 0.717) is 18.4 Å². The van der Waals surface area contributed by atoms with E-state index < -0.39 is 0 Å². The van der Waals surface area contributed by atoms with E-state index in [-0.39, 0.29) is 18.6 Å². The molecule has 1 amide bonds. The van der Waals surface area contributed by atoms with Crippen molar-refractivity contribution >= 4 is 16.7 Å². The van der Waals surface area contributed by atoms with Crippen molar-refractivity contribution in [3.05, 3.63) is 119 Å². The summed E-state index contributed by atoms with van der Waals surface area (Å²) in [6.45, 7) is -0.104. The highest BCUT2D eigenvalue weighted by Crippen LogP contribution is 2.20. The number of fused-ring (bicyclic) bond motifs is 1. The predicted molar refractivity (Wildman–Crippen MR) is 122 cm³/mol. The van der Waals surface area contributed by atoms with Gasteiger partial charge in [0.2, 0.25) is 0 Å². The van der Waals surface area contributed by atoms with Crippen LogP contribution >= 0.6 is 0 Å². The average molecular weight is 396 g/mol. The van der Waals surface area contributed by atoms with Crippen molar-refractivity contribution < 1.29 is 9.90 Å². The second-order valence-electron chi connectivity index (χ2n) is 7.56. The summed E-state index contributed by atoms with van der Waals surface area (Å²) in [5.41, 5.74) is 3.87. The Kier molecular flexibility index (Phi) is 6.21. The van der Waals surface area contributed by atoms with E-state index in [4.69, 9.17) is 0 Å². The van der Waals surface area contributed by atoms with Gasteiger partial charge in [0.25, 0.3) is 5.91 Å². The van der Waals surface area contributed by atoms with Crippen LogP contribution in [0.3, 0.4) is 0 Å². The topological polar surface area (TPSA) is 49.3 Å². The van der Waals surface area contributed by atoms with Crippen molar-refractivity contribution in [3.63, 3.8) is 0 Å². The SMILES string of the molecule is O=C(NC(CO)Cc1ccccc1)c1ccccc1Cc1ccc2ccccc2c1. The van der Waals surface area contributed by atoms with E-state index in [9.17, 15) is 9.90 Å². The molecule has 4 aromatic carbocycles.